The Kier molecular flexibility index (Phi) is 7.87. The number of imidazole rings is 1. The number of fused-ring (bicyclic) bond motifs is 1. The monoisotopic (exact) mass is 546 g/mol. The number of rotatable bonds is 9. The molecule has 1 unspecified atom stereocenters. The molecular weight excluding hydrogens is 517 g/mol. The zero-order valence-electron chi connectivity index (χ0n) is 21.2. The molecule has 2 aliphatic rings. The number of benzene rings is 1. The maximum atomic E-state index is 12.7. The first-order valence-corrected chi connectivity index (χ1v) is 12.8. The second-order valence-corrected chi connectivity index (χ2v) is 9.63. The van der Waals surface area contributed by atoms with Gasteiger partial charge in [0.25, 0.3) is 0 Å². The minimum atomic E-state index is -4.36. The number of alkyl halides is 3. The van der Waals surface area contributed by atoms with Crippen LogP contribution in [0.15, 0.2) is 48.8 Å². The number of nitrogens with zero attached hydrogens (tertiary/aromatic N) is 6. The SMILES string of the molecule is O=[N+]([O-])c1cn2c(n1)OC(COc1ccc(N3CCN(CCCc4ccc(C(F)(F)F)cn4)CC3)cc1)CC2. The van der Waals surface area contributed by atoms with Crippen molar-refractivity contribution in [2.75, 3.05) is 44.2 Å². The van der Waals surface area contributed by atoms with Gasteiger partial charge in [0.1, 0.15) is 24.7 Å². The van der Waals surface area contributed by atoms with Crippen LogP contribution in [0.2, 0.25) is 0 Å². The number of hydrogen-bond acceptors (Lipinski definition) is 8. The molecule has 5 rings (SSSR count). The number of aromatic nitrogens is 3. The molecule has 2 aromatic heterocycles. The molecule has 0 spiro atoms. The number of hydrogen-bond donors (Lipinski definition) is 0. The molecule has 1 aromatic carbocycles. The quantitative estimate of drug-likeness (QED) is 0.291. The number of aryl methyl sites for hydroxylation is 2. The predicted octanol–water partition coefficient (Wildman–Crippen LogP) is 4.19. The highest BCUT2D eigenvalue weighted by atomic mass is 19.4. The van der Waals surface area contributed by atoms with Crippen LogP contribution in [0.4, 0.5) is 24.7 Å². The maximum absolute atomic E-state index is 12.7. The summed E-state index contributed by atoms with van der Waals surface area (Å²) >= 11 is 0. The van der Waals surface area contributed by atoms with Crippen LogP contribution < -0.4 is 14.4 Å². The van der Waals surface area contributed by atoms with Gasteiger partial charge in [-0.25, -0.2) is 0 Å². The van der Waals surface area contributed by atoms with E-state index in [0.717, 1.165) is 62.8 Å². The van der Waals surface area contributed by atoms with Crippen LogP contribution in [0.25, 0.3) is 0 Å². The summed E-state index contributed by atoms with van der Waals surface area (Å²) in [6, 6.07) is 10.7. The Hall–Kier alpha value is -3.87. The topological polar surface area (TPSA) is 98.8 Å². The van der Waals surface area contributed by atoms with Crippen LogP contribution in [0.3, 0.4) is 0 Å². The zero-order valence-corrected chi connectivity index (χ0v) is 21.2. The van der Waals surface area contributed by atoms with Crippen molar-refractivity contribution < 1.29 is 27.6 Å². The first-order chi connectivity index (χ1) is 18.7. The second kappa shape index (κ2) is 11.5. The van der Waals surface area contributed by atoms with Gasteiger partial charge >= 0.3 is 18.0 Å². The number of halogens is 3. The highest BCUT2D eigenvalue weighted by Gasteiger charge is 2.31. The average molecular weight is 547 g/mol. The van der Waals surface area contributed by atoms with Gasteiger partial charge in [-0.3, -0.25) is 14.5 Å². The van der Waals surface area contributed by atoms with E-state index in [1.165, 1.54) is 12.3 Å². The Morgan fingerprint density at radius 1 is 1.08 bits per heavy atom. The molecule has 2 aliphatic heterocycles. The van der Waals surface area contributed by atoms with Crippen molar-refractivity contribution in [3.8, 4) is 11.8 Å². The summed E-state index contributed by atoms with van der Waals surface area (Å²) in [6.07, 6.45) is -0.149. The fourth-order valence-electron chi connectivity index (χ4n) is 4.73. The second-order valence-electron chi connectivity index (χ2n) is 9.63. The summed E-state index contributed by atoms with van der Waals surface area (Å²) in [6.45, 7) is 5.36. The summed E-state index contributed by atoms with van der Waals surface area (Å²) < 4.78 is 51.3. The van der Waals surface area contributed by atoms with Crippen LogP contribution in [0.1, 0.15) is 24.1 Å². The van der Waals surface area contributed by atoms with E-state index in [9.17, 15) is 23.3 Å². The van der Waals surface area contributed by atoms with Crippen molar-refractivity contribution in [3.05, 3.63) is 70.2 Å². The minimum Gasteiger partial charge on any atom is -0.490 e. The lowest BCUT2D eigenvalue weighted by Gasteiger charge is -2.36. The zero-order chi connectivity index (χ0) is 27.4. The Morgan fingerprint density at radius 2 is 1.85 bits per heavy atom. The molecule has 0 N–H and O–H groups in total. The van der Waals surface area contributed by atoms with Crippen LogP contribution >= 0.6 is 0 Å². The maximum Gasteiger partial charge on any atom is 0.417 e. The number of ether oxygens (including phenoxy) is 2. The number of piperazine rings is 1. The summed E-state index contributed by atoms with van der Waals surface area (Å²) in [4.78, 5) is 22.9. The van der Waals surface area contributed by atoms with Gasteiger partial charge in [0.2, 0.25) is 0 Å². The molecule has 0 aliphatic carbocycles. The Balaban J connectivity index is 1.02. The molecule has 4 heterocycles. The van der Waals surface area contributed by atoms with E-state index in [0.29, 0.717) is 31.7 Å². The lowest BCUT2D eigenvalue weighted by Crippen LogP contribution is -2.46. The van der Waals surface area contributed by atoms with Crippen molar-refractivity contribution in [1.29, 1.82) is 0 Å². The first-order valence-electron chi connectivity index (χ1n) is 12.8. The highest BCUT2D eigenvalue weighted by Crippen LogP contribution is 2.29. The number of pyridine rings is 1. The number of nitro groups is 1. The van der Waals surface area contributed by atoms with Gasteiger partial charge < -0.3 is 24.5 Å². The van der Waals surface area contributed by atoms with Gasteiger partial charge in [-0.05, 0) is 60.7 Å². The van der Waals surface area contributed by atoms with E-state index in [-0.39, 0.29) is 17.9 Å². The van der Waals surface area contributed by atoms with E-state index in [1.807, 2.05) is 24.3 Å². The third-order valence-corrected chi connectivity index (χ3v) is 6.95. The van der Waals surface area contributed by atoms with Crippen molar-refractivity contribution >= 4 is 11.5 Å². The molecule has 13 heteroatoms. The van der Waals surface area contributed by atoms with Gasteiger partial charge in [-0.1, -0.05) is 0 Å². The fourth-order valence-corrected chi connectivity index (χ4v) is 4.73. The Morgan fingerprint density at radius 3 is 2.51 bits per heavy atom. The van der Waals surface area contributed by atoms with Crippen molar-refractivity contribution in [2.45, 2.75) is 38.1 Å². The van der Waals surface area contributed by atoms with Gasteiger partial charge in [-0.15, -0.1) is 0 Å². The summed E-state index contributed by atoms with van der Waals surface area (Å²) in [5, 5.41) is 10.9. The van der Waals surface area contributed by atoms with Crippen molar-refractivity contribution in [1.82, 2.24) is 19.4 Å². The number of anilines is 1. The van der Waals surface area contributed by atoms with Crippen LogP contribution in [-0.2, 0) is 19.1 Å². The van der Waals surface area contributed by atoms with Gasteiger partial charge in [0.15, 0.2) is 0 Å². The minimum absolute atomic E-state index is 0.224. The molecule has 0 saturated carbocycles. The lowest BCUT2D eigenvalue weighted by molar-refractivity contribution is -0.389. The third kappa shape index (κ3) is 6.77. The molecule has 0 bridgehead atoms. The van der Waals surface area contributed by atoms with Crippen molar-refractivity contribution in [3.63, 3.8) is 0 Å². The smallest absolute Gasteiger partial charge is 0.417 e. The molecule has 39 heavy (non-hydrogen) atoms. The molecule has 1 saturated heterocycles. The largest absolute Gasteiger partial charge is 0.490 e. The van der Waals surface area contributed by atoms with E-state index < -0.39 is 16.7 Å². The summed E-state index contributed by atoms with van der Waals surface area (Å²) in [5.74, 6) is 0.496. The molecule has 3 aromatic rings. The van der Waals surface area contributed by atoms with Crippen molar-refractivity contribution in [2.24, 2.45) is 0 Å². The van der Waals surface area contributed by atoms with Crippen LogP contribution in [0, 0.1) is 10.1 Å². The average Bonchev–Trinajstić information content (AvgIpc) is 3.37. The molecule has 1 fully saturated rings. The van der Waals surface area contributed by atoms with Crippen LogP contribution in [0.5, 0.6) is 11.8 Å². The molecule has 10 nitrogen and oxygen atoms in total. The predicted molar refractivity (Wildman–Crippen MR) is 136 cm³/mol. The van der Waals surface area contributed by atoms with Gasteiger partial charge in [0.05, 0.1) is 5.56 Å². The molecule has 0 amide bonds. The molecule has 1 atom stereocenters. The lowest BCUT2D eigenvalue weighted by atomic mass is 10.1. The van der Waals surface area contributed by atoms with E-state index >= 15 is 0 Å². The van der Waals surface area contributed by atoms with Gasteiger partial charge in [-0.2, -0.15) is 13.2 Å². The first kappa shape index (κ1) is 26.7. The van der Waals surface area contributed by atoms with E-state index in [1.54, 1.807) is 4.57 Å². The van der Waals surface area contributed by atoms with E-state index in [2.05, 4.69) is 19.8 Å². The molecular formula is C26H29F3N6O4. The molecule has 208 valence electrons. The molecule has 0 radical (unpaired) electrons. The van der Waals surface area contributed by atoms with Crippen LogP contribution in [-0.4, -0.2) is 69.8 Å². The fraction of sp³-hybridized carbons (Fsp3) is 0.462. The Bertz CT molecular complexity index is 1260. The highest BCUT2D eigenvalue weighted by molar-refractivity contribution is 5.49. The summed E-state index contributed by atoms with van der Waals surface area (Å²) in [5.41, 5.74) is 1.07. The van der Waals surface area contributed by atoms with Gasteiger partial charge in [0, 0.05) is 61.7 Å². The Labute approximate surface area is 223 Å². The standard InChI is InChI=1S/C26H29F3N6O4/c27-26(28,29)19-3-4-20(30-16-19)2-1-10-32-12-14-33(15-13-32)21-5-7-22(8-6-21)38-18-23-9-11-34-17-24(35(36)37)31-25(34)39-23/h3-8,16-17,23H,1-2,9-15,18H2. The van der Waals surface area contributed by atoms with E-state index in [4.69, 9.17) is 9.47 Å². The third-order valence-electron chi connectivity index (χ3n) is 6.95. The normalized spacial score (nSPS) is 17.9. The summed E-state index contributed by atoms with van der Waals surface area (Å²) in [7, 11) is 0.